The molecule has 8 nitrogen and oxygen atoms in total. The SMILES string of the molecule is CCCN(CCN=NN)CCNCCN=NN. The molecule has 17 heavy (non-hydrogen) atoms. The lowest BCUT2D eigenvalue weighted by Crippen LogP contribution is -2.35. The summed E-state index contributed by atoms with van der Waals surface area (Å²) in [6.07, 6.45) is 1.13. The molecule has 0 aromatic rings. The van der Waals surface area contributed by atoms with E-state index in [2.05, 4.69) is 37.8 Å². The minimum Gasteiger partial charge on any atom is -0.314 e. The maximum atomic E-state index is 4.95. The molecule has 0 aliphatic heterocycles. The molecule has 0 bridgehead atoms. The summed E-state index contributed by atoms with van der Waals surface area (Å²) in [6, 6.07) is 0. The molecule has 0 saturated carbocycles. The smallest absolute Gasteiger partial charge is 0.0747 e. The number of nitrogens with zero attached hydrogens (tertiary/aromatic N) is 5. The van der Waals surface area contributed by atoms with Gasteiger partial charge in [-0.25, -0.2) is 0 Å². The Morgan fingerprint density at radius 1 is 0.941 bits per heavy atom. The summed E-state index contributed by atoms with van der Waals surface area (Å²) in [6.45, 7) is 8.07. The molecule has 0 heterocycles. The van der Waals surface area contributed by atoms with E-state index in [9.17, 15) is 0 Å². The summed E-state index contributed by atoms with van der Waals surface area (Å²) in [5, 5.41) is 17.1. The third-order valence-corrected chi connectivity index (χ3v) is 2.21. The van der Waals surface area contributed by atoms with Crippen molar-refractivity contribution in [2.24, 2.45) is 32.4 Å². The van der Waals surface area contributed by atoms with Crippen molar-refractivity contribution in [3.63, 3.8) is 0 Å². The summed E-state index contributed by atoms with van der Waals surface area (Å²) >= 11 is 0. The van der Waals surface area contributed by atoms with Gasteiger partial charge in [0.05, 0.1) is 13.1 Å². The molecule has 0 saturated heterocycles. The van der Waals surface area contributed by atoms with Crippen LogP contribution in [0.4, 0.5) is 0 Å². The average Bonchev–Trinajstić information content (AvgIpc) is 2.34. The van der Waals surface area contributed by atoms with Crippen molar-refractivity contribution in [1.82, 2.24) is 10.2 Å². The molecule has 100 valence electrons. The number of nitrogens with two attached hydrogens (primary N) is 2. The van der Waals surface area contributed by atoms with E-state index < -0.39 is 0 Å². The van der Waals surface area contributed by atoms with Crippen molar-refractivity contribution in [2.75, 3.05) is 45.8 Å². The highest BCUT2D eigenvalue weighted by Gasteiger charge is 2.02. The molecule has 0 fully saturated rings. The fourth-order valence-corrected chi connectivity index (χ4v) is 1.44. The predicted octanol–water partition coefficient (Wildman–Crippen LogP) is -0.0602. The largest absolute Gasteiger partial charge is 0.314 e. The minimum atomic E-state index is 0.617. The van der Waals surface area contributed by atoms with Gasteiger partial charge in [-0.3, -0.25) is 0 Å². The third kappa shape index (κ3) is 11.0. The Hall–Kier alpha value is -1.28. The topological polar surface area (TPSA) is 117 Å². The molecule has 5 N–H and O–H groups in total. The van der Waals surface area contributed by atoms with Crippen LogP contribution < -0.4 is 17.0 Å². The zero-order valence-corrected chi connectivity index (χ0v) is 10.5. The fraction of sp³-hybridized carbons (Fsp3) is 1.00. The second-order valence-electron chi connectivity index (χ2n) is 3.55. The van der Waals surface area contributed by atoms with Gasteiger partial charge in [0.25, 0.3) is 0 Å². The van der Waals surface area contributed by atoms with Crippen LogP contribution in [0.1, 0.15) is 13.3 Å². The summed E-state index contributed by atoms with van der Waals surface area (Å²) in [5.74, 6) is 9.85. The van der Waals surface area contributed by atoms with Gasteiger partial charge < -0.3 is 21.9 Å². The maximum Gasteiger partial charge on any atom is 0.0747 e. The highest BCUT2D eigenvalue weighted by atomic mass is 15.3. The van der Waals surface area contributed by atoms with E-state index in [0.717, 1.165) is 39.1 Å². The molecule has 0 amide bonds. The van der Waals surface area contributed by atoms with E-state index in [-0.39, 0.29) is 0 Å². The number of hydrogen-bond acceptors (Lipinski definition) is 6. The molecule has 0 spiro atoms. The van der Waals surface area contributed by atoms with E-state index in [0.29, 0.717) is 13.1 Å². The normalized spacial score (nSPS) is 12.1. The second-order valence-corrected chi connectivity index (χ2v) is 3.55. The highest BCUT2D eigenvalue weighted by Crippen LogP contribution is 1.90. The van der Waals surface area contributed by atoms with Crippen LogP contribution in [0.2, 0.25) is 0 Å². The summed E-state index contributed by atoms with van der Waals surface area (Å²) in [7, 11) is 0. The van der Waals surface area contributed by atoms with Crippen LogP contribution in [0, 0.1) is 0 Å². The summed E-state index contributed by atoms with van der Waals surface area (Å²) < 4.78 is 0. The van der Waals surface area contributed by atoms with Crippen molar-refractivity contribution in [1.29, 1.82) is 0 Å². The Kier molecular flexibility index (Phi) is 11.8. The quantitative estimate of drug-likeness (QED) is 0.204. The fourth-order valence-electron chi connectivity index (χ4n) is 1.44. The maximum absolute atomic E-state index is 4.95. The zero-order valence-electron chi connectivity index (χ0n) is 10.5. The standard InChI is InChI=1S/C9H24N8/c1-2-7-17(9-6-14-16-11)8-5-12-3-4-13-15-10/h12H,2-9H2,1H3,(H2,10,13)(H2,11,14). The van der Waals surface area contributed by atoms with Gasteiger partial charge in [-0.1, -0.05) is 17.4 Å². The van der Waals surface area contributed by atoms with E-state index in [4.69, 9.17) is 11.7 Å². The highest BCUT2D eigenvalue weighted by molar-refractivity contribution is 4.60. The first-order valence-electron chi connectivity index (χ1n) is 5.91. The average molecular weight is 244 g/mol. The minimum absolute atomic E-state index is 0.617. The molecule has 0 aromatic carbocycles. The number of rotatable bonds is 11. The lowest BCUT2D eigenvalue weighted by molar-refractivity contribution is 0.280. The van der Waals surface area contributed by atoms with Gasteiger partial charge in [0.15, 0.2) is 0 Å². The Balaban J connectivity index is 3.54. The molecular weight excluding hydrogens is 220 g/mol. The van der Waals surface area contributed by atoms with Gasteiger partial charge >= 0.3 is 0 Å². The molecule has 0 radical (unpaired) electrons. The van der Waals surface area contributed by atoms with E-state index in [1.54, 1.807) is 0 Å². The third-order valence-electron chi connectivity index (χ3n) is 2.21. The van der Waals surface area contributed by atoms with Gasteiger partial charge in [-0.15, -0.1) is 0 Å². The molecule has 8 heteroatoms. The molecule has 0 aliphatic rings. The molecule has 0 unspecified atom stereocenters. The lowest BCUT2D eigenvalue weighted by Gasteiger charge is -2.20. The van der Waals surface area contributed by atoms with Crippen LogP contribution in [0.5, 0.6) is 0 Å². The van der Waals surface area contributed by atoms with Gasteiger partial charge in [0.2, 0.25) is 0 Å². The van der Waals surface area contributed by atoms with Crippen LogP contribution >= 0.6 is 0 Å². The first-order valence-corrected chi connectivity index (χ1v) is 5.91. The van der Waals surface area contributed by atoms with Crippen molar-refractivity contribution >= 4 is 0 Å². The molecule has 0 rings (SSSR count). The molecular formula is C9H24N8. The van der Waals surface area contributed by atoms with Gasteiger partial charge in [-0.2, -0.15) is 10.2 Å². The van der Waals surface area contributed by atoms with Gasteiger partial charge in [0.1, 0.15) is 0 Å². The van der Waals surface area contributed by atoms with Crippen LogP contribution in [0.15, 0.2) is 20.7 Å². The molecule has 0 atom stereocenters. The summed E-state index contributed by atoms with van der Waals surface area (Å²) in [5.41, 5.74) is 0. The molecule has 0 aromatic heterocycles. The van der Waals surface area contributed by atoms with Crippen molar-refractivity contribution in [2.45, 2.75) is 13.3 Å². The van der Waals surface area contributed by atoms with Gasteiger partial charge in [0, 0.05) is 26.2 Å². The van der Waals surface area contributed by atoms with Crippen LogP contribution in [-0.2, 0) is 0 Å². The summed E-state index contributed by atoms with van der Waals surface area (Å²) in [4.78, 5) is 2.33. The van der Waals surface area contributed by atoms with Crippen LogP contribution in [0.3, 0.4) is 0 Å². The monoisotopic (exact) mass is 244 g/mol. The van der Waals surface area contributed by atoms with Crippen LogP contribution in [0.25, 0.3) is 0 Å². The zero-order chi connectivity index (χ0) is 12.8. The first kappa shape index (κ1) is 15.7. The Bertz CT molecular complexity index is 205. The Morgan fingerprint density at radius 3 is 2.29 bits per heavy atom. The van der Waals surface area contributed by atoms with E-state index in [1.165, 1.54) is 0 Å². The first-order chi connectivity index (χ1) is 8.35. The Morgan fingerprint density at radius 2 is 1.65 bits per heavy atom. The molecule has 0 aliphatic carbocycles. The van der Waals surface area contributed by atoms with E-state index >= 15 is 0 Å². The second kappa shape index (κ2) is 12.8. The van der Waals surface area contributed by atoms with Gasteiger partial charge in [-0.05, 0) is 13.0 Å². The lowest BCUT2D eigenvalue weighted by atomic mass is 10.4. The van der Waals surface area contributed by atoms with Crippen molar-refractivity contribution in [3.8, 4) is 0 Å². The van der Waals surface area contributed by atoms with Crippen molar-refractivity contribution < 1.29 is 0 Å². The Labute approximate surface area is 102 Å². The van der Waals surface area contributed by atoms with E-state index in [1.807, 2.05) is 0 Å². The number of nitrogens with one attached hydrogen (secondary N) is 1. The van der Waals surface area contributed by atoms with Crippen LogP contribution in [-0.4, -0.2) is 50.7 Å². The van der Waals surface area contributed by atoms with Crippen molar-refractivity contribution in [3.05, 3.63) is 0 Å². The number of hydrogen-bond donors (Lipinski definition) is 3. The predicted molar refractivity (Wildman–Crippen MR) is 67.4 cm³/mol.